The summed E-state index contributed by atoms with van der Waals surface area (Å²) in [6, 6.07) is 19.9. The molecule has 0 aromatic heterocycles. The summed E-state index contributed by atoms with van der Waals surface area (Å²) in [7, 11) is 0. The number of nitrogens with zero attached hydrogens (tertiary/aromatic N) is 1. The Morgan fingerprint density at radius 3 is 2.69 bits per heavy atom. The van der Waals surface area contributed by atoms with Gasteiger partial charge in [0.05, 0.1) is 11.5 Å². The van der Waals surface area contributed by atoms with Gasteiger partial charge in [-0.1, -0.05) is 48.5 Å². The topological polar surface area (TPSA) is 77.0 Å². The molecule has 0 unspecified atom stereocenters. The van der Waals surface area contributed by atoms with E-state index in [2.05, 4.69) is 34.6 Å². The Balaban J connectivity index is 1.53. The zero-order valence-electron chi connectivity index (χ0n) is 17.8. The smallest absolute Gasteiger partial charge is 0.286 e. The summed E-state index contributed by atoms with van der Waals surface area (Å²) in [5.41, 5.74) is 1.87. The second kappa shape index (κ2) is 9.70. The lowest BCUT2D eigenvalue weighted by Crippen LogP contribution is -2.23. The third-order valence-electron chi connectivity index (χ3n) is 4.73. The van der Waals surface area contributed by atoms with Gasteiger partial charge in [-0.15, -0.1) is 0 Å². The molecule has 0 fully saturated rings. The Morgan fingerprint density at radius 2 is 1.88 bits per heavy atom. The van der Waals surface area contributed by atoms with Crippen LogP contribution in [-0.2, 0) is 16.2 Å². The number of nitrogens with one attached hydrogen (secondary N) is 1. The maximum Gasteiger partial charge on any atom is 0.286 e. The molecule has 3 aromatic rings. The number of carbonyl (C=O) groups is 2. The highest BCUT2D eigenvalue weighted by Gasteiger charge is 2.22. The lowest BCUT2D eigenvalue weighted by Gasteiger charge is -2.14. The van der Waals surface area contributed by atoms with Gasteiger partial charge in [0.25, 0.3) is 5.91 Å². The highest BCUT2D eigenvalue weighted by molar-refractivity contribution is 8.18. The van der Waals surface area contributed by atoms with Gasteiger partial charge in [0, 0.05) is 6.92 Å². The molecular formula is C25H22N2O4S. The molecular weight excluding hydrogens is 424 g/mol. The number of amidine groups is 1. The van der Waals surface area contributed by atoms with E-state index >= 15 is 0 Å². The minimum Gasteiger partial charge on any atom is -0.490 e. The van der Waals surface area contributed by atoms with E-state index in [1.165, 1.54) is 12.3 Å². The minimum atomic E-state index is -0.381. The summed E-state index contributed by atoms with van der Waals surface area (Å²) in [6.07, 6.45) is 1.72. The maximum absolute atomic E-state index is 12.1. The second-order valence-corrected chi connectivity index (χ2v) is 8.11. The second-order valence-electron chi connectivity index (χ2n) is 7.08. The molecule has 4 rings (SSSR count). The fourth-order valence-corrected chi connectivity index (χ4v) is 4.20. The number of fused-ring (bicyclic) bond motifs is 1. The van der Waals surface area contributed by atoms with Crippen molar-refractivity contribution in [2.75, 3.05) is 6.61 Å². The summed E-state index contributed by atoms with van der Waals surface area (Å²) in [4.78, 5) is 27.6. The van der Waals surface area contributed by atoms with E-state index in [9.17, 15) is 9.59 Å². The van der Waals surface area contributed by atoms with Crippen molar-refractivity contribution in [1.82, 2.24) is 5.32 Å². The summed E-state index contributed by atoms with van der Waals surface area (Å²) in [5.74, 6) is 0.577. The molecule has 32 heavy (non-hydrogen) atoms. The van der Waals surface area contributed by atoms with Crippen LogP contribution in [0.5, 0.6) is 11.5 Å². The number of aliphatic imine (C=N–C) groups is 1. The van der Waals surface area contributed by atoms with Crippen LogP contribution in [0.4, 0.5) is 0 Å². The number of thioether (sulfide) groups is 1. The van der Waals surface area contributed by atoms with Gasteiger partial charge < -0.3 is 14.8 Å². The van der Waals surface area contributed by atoms with Gasteiger partial charge in [-0.3, -0.25) is 9.59 Å². The van der Waals surface area contributed by atoms with E-state index in [4.69, 9.17) is 9.47 Å². The van der Waals surface area contributed by atoms with Crippen LogP contribution in [0.2, 0.25) is 0 Å². The van der Waals surface area contributed by atoms with Crippen LogP contribution < -0.4 is 14.8 Å². The molecule has 1 aliphatic rings. The van der Waals surface area contributed by atoms with Crippen molar-refractivity contribution in [3.63, 3.8) is 0 Å². The fraction of sp³-hybridized carbons (Fsp3) is 0.160. The zero-order valence-corrected chi connectivity index (χ0v) is 18.6. The summed E-state index contributed by atoms with van der Waals surface area (Å²) in [6.45, 7) is 4.17. The molecule has 6 nitrogen and oxygen atoms in total. The molecule has 162 valence electrons. The van der Waals surface area contributed by atoms with E-state index in [-0.39, 0.29) is 17.0 Å². The molecule has 0 radical (unpaired) electrons. The third kappa shape index (κ3) is 5.00. The molecule has 0 aliphatic carbocycles. The van der Waals surface area contributed by atoms with Crippen molar-refractivity contribution in [3.05, 3.63) is 76.7 Å². The number of amides is 2. The Hall–Kier alpha value is -3.58. The summed E-state index contributed by atoms with van der Waals surface area (Å²) >= 11 is 1.13. The van der Waals surface area contributed by atoms with Crippen LogP contribution in [0.25, 0.3) is 16.8 Å². The molecule has 0 spiro atoms. The normalized spacial score (nSPS) is 14.5. The van der Waals surface area contributed by atoms with Crippen molar-refractivity contribution < 1.29 is 19.1 Å². The first kappa shape index (κ1) is 21.6. The molecule has 1 aliphatic heterocycles. The van der Waals surface area contributed by atoms with Crippen molar-refractivity contribution >= 4 is 45.6 Å². The van der Waals surface area contributed by atoms with Crippen molar-refractivity contribution in [1.29, 1.82) is 0 Å². The van der Waals surface area contributed by atoms with Gasteiger partial charge in [0.1, 0.15) is 6.61 Å². The van der Waals surface area contributed by atoms with Gasteiger partial charge in [0.15, 0.2) is 16.7 Å². The molecule has 0 saturated carbocycles. The first-order valence-corrected chi connectivity index (χ1v) is 11.0. The fourth-order valence-electron chi connectivity index (χ4n) is 3.34. The maximum atomic E-state index is 12.1. The molecule has 1 heterocycles. The molecule has 2 amide bonds. The predicted octanol–water partition coefficient (Wildman–Crippen LogP) is 4.92. The molecule has 7 heteroatoms. The molecule has 1 N–H and O–H groups in total. The molecule has 0 atom stereocenters. The van der Waals surface area contributed by atoms with Crippen molar-refractivity contribution in [2.24, 2.45) is 4.99 Å². The van der Waals surface area contributed by atoms with Crippen LogP contribution in [0.15, 0.2) is 70.6 Å². The number of rotatable bonds is 6. The number of hydrogen-bond acceptors (Lipinski definition) is 5. The van der Waals surface area contributed by atoms with E-state index in [1.54, 1.807) is 6.08 Å². The van der Waals surface area contributed by atoms with E-state index in [1.807, 2.05) is 43.3 Å². The van der Waals surface area contributed by atoms with Gasteiger partial charge in [-0.25, -0.2) is 0 Å². The van der Waals surface area contributed by atoms with Crippen LogP contribution in [-0.4, -0.2) is 23.6 Å². The Labute approximate surface area is 190 Å². The number of benzene rings is 3. The molecule has 0 bridgehead atoms. The molecule has 3 aromatic carbocycles. The van der Waals surface area contributed by atoms with Crippen LogP contribution in [0, 0.1) is 0 Å². The lowest BCUT2D eigenvalue weighted by molar-refractivity contribution is -0.117. The van der Waals surface area contributed by atoms with Crippen LogP contribution >= 0.6 is 11.8 Å². The quantitative estimate of drug-likeness (QED) is 0.544. The Bertz CT molecular complexity index is 1240. The van der Waals surface area contributed by atoms with E-state index in [0.717, 1.165) is 28.3 Å². The number of carbonyl (C=O) groups excluding carboxylic acids is 2. The zero-order chi connectivity index (χ0) is 22.5. The first-order valence-electron chi connectivity index (χ1n) is 10.2. The van der Waals surface area contributed by atoms with E-state index in [0.29, 0.717) is 29.6 Å². The Morgan fingerprint density at radius 1 is 1.06 bits per heavy atom. The van der Waals surface area contributed by atoms with Crippen LogP contribution in [0.1, 0.15) is 25.0 Å². The van der Waals surface area contributed by atoms with Crippen molar-refractivity contribution in [2.45, 2.75) is 20.5 Å². The average molecular weight is 447 g/mol. The highest BCUT2D eigenvalue weighted by atomic mass is 32.2. The monoisotopic (exact) mass is 446 g/mol. The van der Waals surface area contributed by atoms with Crippen LogP contribution in [0.3, 0.4) is 0 Å². The average Bonchev–Trinajstić information content (AvgIpc) is 3.11. The highest BCUT2D eigenvalue weighted by Crippen LogP contribution is 2.33. The summed E-state index contributed by atoms with van der Waals surface area (Å²) < 4.78 is 11.9. The van der Waals surface area contributed by atoms with Gasteiger partial charge in [-0.05, 0) is 58.8 Å². The Kier molecular flexibility index (Phi) is 6.56. The predicted molar refractivity (Wildman–Crippen MR) is 128 cm³/mol. The van der Waals surface area contributed by atoms with Gasteiger partial charge >= 0.3 is 0 Å². The minimum absolute atomic E-state index is 0.267. The SMILES string of the molecule is CCOc1cc(/C=C2/SC(NC(C)=O)=NC2=O)ccc1OCc1cccc2ccccc12. The van der Waals surface area contributed by atoms with Crippen molar-refractivity contribution in [3.8, 4) is 11.5 Å². The summed E-state index contributed by atoms with van der Waals surface area (Å²) in [5, 5.41) is 5.15. The largest absolute Gasteiger partial charge is 0.490 e. The molecule has 0 saturated heterocycles. The van der Waals surface area contributed by atoms with Gasteiger partial charge in [-0.2, -0.15) is 4.99 Å². The van der Waals surface area contributed by atoms with E-state index < -0.39 is 0 Å². The number of hydrogen-bond donors (Lipinski definition) is 1. The number of ether oxygens (including phenoxy) is 2. The van der Waals surface area contributed by atoms with Gasteiger partial charge in [0.2, 0.25) is 5.91 Å². The third-order valence-corrected chi connectivity index (χ3v) is 5.63. The first-order chi connectivity index (χ1) is 15.5. The lowest BCUT2D eigenvalue weighted by atomic mass is 10.1. The standard InChI is InChI=1S/C25H22N2O4S/c1-3-30-22-13-17(14-23-24(29)27-25(32-23)26-16(2)28)11-12-21(22)31-15-19-9-6-8-18-7-4-5-10-20(18)19/h4-14H,3,15H2,1-2H3,(H,26,27,28,29)/b23-14+.